The van der Waals surface area contributed by atoms with E-state index in [4.69, 9.17) is 13.9 Å². The van der Waals surface area contributed by atoms with E-state index in [2.05, 4.69) is 9.98 Å². The van der Waals surface area contributed by atoms with Gasteiger partial charge in [0.25, 0.3) is 5.91 Å². The largest absolute Gasteiger partial charge is 0.504 e. The highest BCUT2D eigenvalue weighted by Crippen LogP contribution is 2.37. The summed E-state index contributed by atoms with van der Waals surface area (Å²) in [6, 6.07) is 18.6. The summed E-state index contributed by atoms with van der Waals surface area (Å²) >= 11 is 0. The van der Waals surface area contributed by atoms with Gasteiger partial charge in [0.05, 0.1) is 30.5 Å². The lowest BCUT2D eigenvalue weighted by molar-refractivity contribution is 0.0774. The summed E-state index contributed by atoms with van der Waals surface area (Å²) in [7, 11) is 0. The molecule has 1 fully saturated rings. The summed E-state index contributed by atoms with van der Waals surface area (Å²) < 4.78 is 17.5. The number of phenols is 1. The molecule has 3 aromatic carbocycles. The normalized spacial score (nSPS) is 16.4. The lowest BCUT2D eigenvalue weighted by Gasteiger charge is -2.20. The fraction of sp³-hybridized carbons (Fsp3) is 0.300. The maximum atomic E-state index is 12.8. The Balaban J connectivity index is 0.948. The third-order valence-corrected chi connectivity index (χ3v) is 6.96. The second-order valence-electron chi connectivity index (χ2n) is 9.59. The Morgan fingerprint density at radius 3 is 2.66 bits per heavy atom. The summed E-state index contributed by atoms with van der Waals surface area (Å²) in [5.41, 5.74) is 3.49. The number of nitrogens with zero attached hydrogens (tertiary/aromatic N) is 3. The van der Waals surface area contributed by atoms with Gasteiger partial charge in [0, 0.05) is 24.4 Å². The number of amides is 1. The number of unbranched alkanes of at least 4 members (excludes halogenated alkanes) is 2. The first-order valence-corrected chi connectivity index (χ1v) is 13.1. The van der Waals surface area contributed by atoms with E-state index in [1.165, 1.54) is 6.07 Å². The Morgan fingerprint density at radius 2 is 1.82 bits per heavy atom. The summed E-state index contributed by atoms with van der Waals surface area (Å²) in [6.07, 6.45) is 6.34. The van der Waals surface area contributed by atoms with Crippen molar-refractivity contribution in [2.24, 2.45) is 4.99 Å². The Labute approximate surface area is 220 Å². The smallest absolute Gasteiger partial charge is 0.256 e. The number of aliphatic imine (C=N–C) groups is 1. The van der Waals surface area contributed by atoms with Gasteiger partial charge >= 0.3 is 0 Å². The number of benzene rings is 3. The van der Waals surface area contributed by atoms with Crippen LogP contribution in [0.25, 0.3) is 22.6 Å². The number of ether oxygens (including phenoxy) is 2. The van der Waals surface area contributed by atoms with E-state index in [1.54, 1.807) is 6.07 Å². The number of hydrogen-bond donors (Lipinski definition) is 1. The number of oxazole rings is 1. The minimum absolute atomic E-state index is 0.0328. The average Bonchev–Trinajstić information content (AvgIpc) is 3.57. The Bertz CT molecular complexity index is 1440. The molecule has 1 saturated heterocycles. The highest BCUT2D eigenvalue weighted by molar-refractivity contribution is 6.03. The van der Waals surface area contributed by atoms with Gasteiger partial charge in [-0.1, -0.05) is 12.1 Å². The molecule has 194 valence electrons. The first kappa shape index (κ1) is 24.0. The summed E-state index contributed by atoms with van der Waals surface area (Å²) in [5.74, 6) is 1.63. The zero-order valence-electron chi connectivity index (χ0n) is 21.0. The number of para-hydroxylation sites is 2. The zero-order valence-corrected chi connectivity index (χ0v) is 21.0. The molecule has 8 heteroatoms. The van der Waals surface area contributed by atoms with Gasteiger partial charge in [0.15, 0.2) is 17.1 Å². The molecule has 8 nitrogen and oxygen atoms in total. The molecular formula is C30H29N3O5. The molecule has 1 N–H and O–H groups in total. The van der Waals surface area contributed by atoms with Gasteiger partial charge in [0.1, 0.15) is 11.3 Å². The number of aromatic nitrogens is 1. The molecule has 1 amide bonds. The SMILES string of the molecule is O=C1c2cc(O)c(OCCCCCOc3ccc(-c4nc5ccccc5o4)cc3)cc2N=C[C@@H]2CCCN12. The first-order valence-electron chi connectivity index (χ1n) is 13.1. The summed E-state index contributed by atoms with van der Waals surface area (Å²) in [4.78, 5) is 23.7. The first-order chi connectivity index (χ1) is 18.7. The minimum Gasteiger partial charge on any atom is -0.504 e. The van der Waals surface area contributed by atoms with E-state index >= 15 is 0 Å². The topological polar surface area (TPSA) is 97.4 Å². The standard InChI is InChI=1S/C30H29N3O5/c34-26-17-23-25(31-19-21-7-6-14-33(21)30(23)35)18-28(26)37-16-5-1-4-15-36-22-12-10-20(11-13-22)29-32-24-8-2-3-9-27(24)38-29/h2-3,8-13,17-19,21,34H,1,4-7,14-16H2/t21-/m0/s1. The van der Waals surface area contributed by atoms with Crippen LogP contribution in [0.3, 0.4) is 0 Å². The quantitative estimate of drug-likeness (QED) is 0.271. The molecule has 0 spiro atoms. The molecule has 6 rings (SSSR count). The summed E-state index contributed by atoms with van der Waals surface area (Å²) in [5, 5.41) is 10.4. The monoisotopic (exact) mass is 511 g/mol. The van der Waals surface area contributed by atoms with Crippen LogP contribution in [0, 0.1) is 0 Å². The van der Waals surface area contributed by atoms with E-state index in [0.717, 1.165) is 61.1 Å². The van der Waals surface area contributed by atoms with Crippen molar-refractivity contribution in [3.8, 4) is 28.7 Å². The van der Waals surface area contributed by atoms with Crippen LogP contribution in [-0.4, -0.2) is 52.9 Å². The molecule has 0 radical (unpaired) electrons. The van der Waals surface area contributed by atoms with Gasteiger partial charge in [-0.2, -0.15) is 0 Å². The third-order valence-electron chi connectivity index (χ3n) is 6.96. The van der Waals surface area contributed by atoms with Gasteiger partial charge in [-0.25, -0.2) is 4.98 Å². The second-order valence-corrected chi connectivity index (χ2v) is 9.59. The van der Waals surface area contributed by atoms with Gasteiger partial charge in [-0.05, 0) is 74.6 Å². The van der Waals surface area contributed by atoms with E-state index in [1.807, 2.05) is 59.6 Å². The molecule has 2 aliphatic heterocycles. The van der Waals surface area contributed by atoms with Gasteiger partial charge in [-0.3, -0.25) is 9.79 Å². The molecule has 0 saturated carbocycles. The van der Waals surface area contributed by atoms with Crippen LogP contribution in [0.5, 0.6) is 17.2 Å². The van der Waals surface area contributed by atoms with Crippen LogP contribution in [0.4, 0.5) is 5.69 Å². The van der Waals surface area contributed by atoms with Crippen molar-refractivity contribution in [2.75, 3.05) is 19.8 Å². The fourth-order valence-corrected chi connectivity index (χ4v) is 4.91. The number of phenolic OH excluding ortho intramolecular Hbond substituents is 1. The third kappa shape index (κ3) is 4.94. The Hall–Kier alpha value is -4.33. The highest BCUT2D eigenvalue weighted by Gasteiger charge is 2.32. The molecule has 3 heterocycles. The second kappa shape index (κ2) is 10.6. The van der Waals surface area contributed by atoms with Crippen molar-refractivity contribution in [3.63, 3.8) is 0 Å². The van der Waals surface area contributed by atoms with Crippen LogP contribution in [0.2, 0.25) is 0 Å². The molecule has 0 aliphatic carbocycles. The Kier molecular flexibility index (Phi) is 6.69. The predicted octanol–water partition coefficient (Wildman–Crippen LogP) is 6.15. The van der Waals surface area contributed by atoms with Crippen molar-refractivity contribution in [1.29, 1.82) is 0 Å². The summed E-state index contributed by atoms with van der Waals surface area (Å²) in [6.45, 7) is 1.78. The van der Waals surface area contributed by atoms with Crippen molar-refractivity contribution in [2.45, 2.75) is 38.1 Å². The fourth-order valence-electron chi connectivity index (χ4n) is 4.91. The molecule has 4 aromatic rings. The predicted molar refractivity (Wildman–Crippen MR) is 145 cm³/mol. The maximum absolute atomic E-state index is 12.8. The van der Waals surface area contributed by atoms with Gasteiger partial charge in [0.2, 0.25) is 5.89 Å². The number of hydrogen-bond acceptors (Lipinski definition) is 7. The van der Waals surface area contributed by atoms with Crippen molar-refractivity contribution in [1.82, 2.24) is 9.88 Å². The van der Waals surface area contributed by atoms with Crippen molar-refractivity contribution in [3.05, 3.63) is 66.2 Å². The van der Waals surface area contributed by atoms with Crippen LogP contribution in [0.1, 0.15) is 42.5 Å². The number of fused-ring (bicyclic) bond motifs is 3. The van der Waals surface area contributed by atoms with Crippen molar-refractivity contribution < 1.29 is 23.8 Å². The number of carbonyl (C=O) groups excluding carboxylic acids is 1. The van der Waals surface area contributed by atoms with Crippen LogP contribution in [0.15, 0.2) is 70.1 Å². The molecule has 1 atom stereocenters. The van der Waals surface area contributed by atoms with Gasteiger partial charge in [-0.15, -0.1) is 0 Å². The number of carbonyl (C=O) groups is 1. The minimum atomic E-state index is -0.0808. The molecule has 0 unspecified atom stereocenters. The van der Waals surface area contributed by atoms with E-state index in [0.29, 0.717) is 36.1 Å². The molecule has 2 aliphatic rings. The zero-order chi connectivity index (χ0) is 25.9. The lowest BCUT2D eigenvalue weighted by atomic mass is 10.1. The van der Waals surface area contributed by atoms with E-state index in [-0.39, 0.29) is 17.7 Å². The van der Waals surface area contributed by atoms with E-state index in [9.17, 15) is 9.90 Å². The van der Waals surface area contributed by atoms with Crippen LogP contribution in [-0.2, 0) is 0 Å². The average molecular weight is 512 g/mol. The lowest BCUT2D eigenvalue weighted by Crippen LogP contribution is -2.35. The van der Waals surface area contributed by atoms with Crippen molar-refractivity contribution >= 4 is 28.9 Å². The molecule has 38 heavy (non-hydrogen) atoms. The highest BCUT2D eigenvalue weighted by atomic mass is 16.5. The van der Waals surface area contributed by atoms with Crippen LogP contribution >= 0.6 is 0 Å². The molecule has 0 bridgehead atoms. The molecular weight excluding hydrogens is 482 g/mol. The van der Waals surface area contributed by atoms with Crippen LogP contribution < -0.4 is 9.47 Å². The Morgan fingerprint density at radius 1 is 1.00 bits per heavy atom. The number of rotatable bonds is 9. The molecule has 1 aromatic heterocycles. The maximum Gasteiger partial charge on any atom is 0.256 e. The number of aromatic hydroxyl groups is 1. The van der Waals surface area contributed by atoms with E-state index < -0.39 is 0 Å². The van der Waals surface area contributed by atoms with Gasteiger partial charge < -0.3 is 23.9 Å².